The average molecular weight is 262 g/mol. The van der Waals surface area contributed by atoms with Gasteiger partial charge in [-0.1, -0.05) is 55.8 Å². The van der Waals surface area contributed by atoms with Crippen molar-refractivity contribution in [2.45, 2.75) is 45.0 Å². The highest BCUT2D eigenvalue weighted by atomic mass is 19.3. The van der Waals surface area contributed by atoms with E-state index in [9.17, 15) is 8.78 Å². The maximum Gasteiger partial charge on any atom is 0.248 e. The topological polar surface area (TPSA) is 0 Å². The minimum atomic E-state index is -2.53. The molecule has 0 heterocycles. The Morgan fingerprint density at radius 3 is 2.47 bits per heavy atom. The van der Waals surface area contributed by atoms with Gasteiger partial charge in [-0.2, -0.15) is 0 Å². The summed E-state index contributed by atoms with van der Waals surface area (Å²) in [4.78, 5) is 0. The van der Waals surface area contributed by atoms with Crippen molar-refractivity contribution in [3.8, 4) is 0 Å². The molecule has 0 aliphatic carbocycles. The van der Waals surface area contributed by atoms with Crippen LogP contribution in [0.5, 0.6) is 0 Å². The number of aryl methyl sites for hydroxylation is 1. The predicted molar refractivity (Wildman–Crippen MR) is 76.7 cm³/mol. The first-order valence-corrected chi connectivity index (χ1v) is 6.97. The summed E-state index contributed by atoms with van der Waals surface area (Å²) >= 11 is 0. The van der Waals surface area contributed by atoms with Crippen LogP contribution in [0.3, 0.4) is 0 Å². The first kappa shape index (κ1) is 14.0. The molecule has 0 aliphatic rings. The Morgan fingerprint density at radius 2 is 1.68 bits per heavy atom. The number of benzene rings is 2. The summed E-state index contributed by atoms with van der Waals surface area (Å²) in [6.07, 6.45) is 1.82. The van der Waals surface area contributed by atoms with Gasteiger partial charge < -0.3 is 0 Å². The van der Waals surface area contributed by atoms with Crippen molar-refractivity contribution in [2.24, 2.45) is 0 Å². The van der Waals surface area contributed by atoms with Crippen molar-refractivity contribution in [2.75, 3.05) is 0 Å². The molecule has 0 saturated carbocycles. The van der Waals surface area contributed by atoms with Crippen molar-refractivity contribution in [1.29, 1.82) is 0 Å². The van der Waals surface area contributed by atoms with E-state index in [1.807, 2.05) is 49.4 Å². The number of hydrogen-bond donors (Lipinski definition) is 0. The van der Waals surface area contributed by atoms with Crippen LogP contribution in [0.1, 0.15) is 38.2 Å². The number of fused-ring (bicyclic) bond motifs is 1. The number of unbranched alkanes of at least 4 members (excludes halogenated alkanes) is 1. The second kappa shape index (κ2) is 6.14. The van der Waals surface area contributed by atoms with Gasteiger partial charge in [0.2, 0.25) is 5.92 Å². The van der Waals surface area contributed by atoms with E-state index in [2.05, 4.69) is 0 Å². The summed E-state index contributed by atoms with van der Waals surface area (Å²) in [6, 6.07) is 13.9. The van der Waals surface area contributed by atoms with Gasteiger partial charge in [-0.25, -0.2) is 8.78 Å². The second-order valence-electron chi connectivity index (χ2n) is 5.10. The lowest BCUT2D eigenvalue weighted by molar-refractivity contribution is -0.0176. The maximum absolute atomic E-state index is 13.7. The van der Waals surface area contributed by atoms with Crippen molar-refractivity contribution >= 4 is 10.8 Å². The van der Waals surface area contributed by atoms with Crippen LogP contribution in [-0.4, -0.2) is 5.92 Å². The smallest absolute Gasteiger partial charge is 0.207 e. The Balaban J connectivity index is 2.09. The molecule has 0 atom stereocenters. The minimum absolute atomic E-state index is 0.00820. The molecule has 0 N–H and O–H groups in total. The monoisotopic (exact) mass is 262 g/mol. The van der Waals surface area contributed by atoms with Gasteiger partial charge >= 0.3 is 0 Å². The summed E-state index contributed by atoms with van der Waals surface area (Å²) in [5.41, 5.74) is 1.02. The van der Waals surface area contributed by atoms with E-state index in [1.54, 1.807) is 0 Å². The van der Waals surface area contributed by atoms with Crippen LogP contribution in [-0.2, 0) is 6.42 Å². The van der Waals surface area contributed by atoms with Crippen molar-refractivity contribution in [3.63, 3.8) is 0 Å². The Labute approximate surface area is 113 Å². The van der Waals surface area contributed by atoms with Crippen LogP contribution in [0.15, 0.2) is 42.5 Å². The molecule has 0 fully saturated rings. The maximum atomic E-state index is 13.7. The third-order valence-electron chi connectivity index (χ3n) is 3.54. The molecule has 2 aromatic carbocycles. The van der Waals surface area contributed by atoms with Gasteiger partial charge in [-0.15, -0.1) is 0 Å². The number of rotatable bonds is 6. The summed E-state index contributed by atoms with van der Waals surface area (Å²) < 4.78 is 27.4. The summed E-state index contributed by atoms with van der Waals surface area (Å²) in [7, 11) is 0. The highest BCUT2D eigenvalue weighted by molar-refractivity contribution is 5.85. The van der Waals surface area contributed by atoms with E-state index in [0.717, 1.165) is 22.8 Å². The molecule has 0 aromatic heterocycles. The SMILES string of the molecule is CCCCC(F)(F)CCc1cccc2ccccc12. The van der Waals surface area contributed by atoms with Gasteiger partial charge in [0.15, 0.2) is 0 Å². The zero-order chi connectivity index (χ0) is 13.7. The van der Waals surface area contributed by atoms with Crippen molar-refractivity contribution in [3.05, 3.63) is 48.0 Å². The largest absolute Gasteiger partial charge is 0.248 e. The Morgan fingerprint density at radius 1 is 0.947 bits per heavy atom. The lowest BCUT2D eigenvalue weighted by Crippen LogP contribution is -2.16. The van der Waals surface area contributed by atoms with E-state index >= 15 is 0 Å². The quantitative estimate of drug-likeness (QED) is 0.635. The molecule has 2 rings (SSSR count). The highest BCUT2D eigenvalue weighted by Crippen LogP contribution is 2.29. The summed E-state index contributed by atoms with van der Waals surface area (Å²) in [5, 5.41) is 2.22. The third-order valence-corrected chi connectivity index (χ3v) is 3.54. The average Bonchev–Trinajstić information content (AvgIpc) is 2.43. The fraction of sp³-hybridized carbons (Fsp3) is 0.412. The molecule has 2 heteroatoms. The first-order valence-electron chi connectivity index (χ1n) is 6.97. The molecular formula is C17H20F2. The normalized spacial score (nSPS) is 11.9. The molecule has 102 valence electrons. The molecule has 0 aliphatic heterocycles. The highest BCUT2D eigenvalue weighted by Gasteiger charge is 2.27. The van der Waals surface area contributed by atoms with Crippen molar-refractivity contribution < 1.29 is 8.78 Å². The third kappa shape index (κ3) is 3.76. The van der Waals surface area contributed by atoms with Crippen LogP contribution in [0, 0.1) is 0 Å². The van der Waals surface area contributed by atoms with E-state index in [-0.39, 0.29) is 12.8 Å². The minimum Gasteiger partial charge on any atom is -0.207 e. The number of halogens is 2. The predicted octanol–water partition coefficient (Wildman–Crippen LogP) is 5.60. The van der Waals surface area contributed by atoms with E-state index in [4.69, 9.17) is 0 Å². The van der Waals surface area contributed by atoms with Gasteiger partial charge in [0.1, 0.15) is 0 Å². The second-order valence-corrected chi connectivity index (χ2v) is 5.10. The first-order chi connectivity index (χ1) is 9.12. The number of hydrogen-bond acceptors (Lipinski definition) is 0. The van der Waals surface area contributed by atoms with Gasteiger partial charge in [-0.05, 0) is 29.2 Å². The van der Waals surface area contributed by atoms with Gasteiger partial charge in [-0.3, -0.25) is 0 Å². The molecule has 0 nitrogen and oxygen atoms in total. The van der Waals surface area contributed by atoms with Gasteiger partial charge in [0.05, 0.1) is 0 Å². The molecule has 0 unspecified atom stereocenters. The fourth-order valence-electron chi connectivity index (χ4n) is 2.39. The molecule has 0 bridgehead atoms. The molecule has 0 spiro atoms. The molecule has 19 heavy (non-hydrogen) atoms. The Hall–Kier alpha value is -1.44. The van der Waals surface area contributed by atoms with Crippen LogP contribution in [0.2, 0.25) is 0 Å². The molecular weight excluding hydrogens is 242 g/mol. The molecule has 0 saturated heterocycles. The summed E-state index contributed by atoms with van der Waals surface area (Å²) in [6.45, 7) is 1.95. The van der Waals surface area contributed by atoms with Crippen LogP contribution in [0.4, 0.5) is 8.78 Å². The van der Waals surface area contributed by atoms with Gasteiger partial charge in [0.25, 0.3) is 0 Å². The molecule has 2 aromatic rings. The molecule has 0 amide bonds. The van der Waals surface area contributed by atoms with Crippen LogP contribution < -0.4 is 0 Å². The zero-order valence-electron chi connectivity index (χ0n) is 11.3. The lowest BCUT2D eigenvalue weighted by Gasteiger charge is -2.16. The van der Waals surface area contributed by atoms with E-state index < -0.39 is 5.92 Å². The zero-order valence-corrected chi connectivity index (χ0v) is 11.3. The van der Waals surface area contributed by atoms with E-state index in [0.29, 0.717) is 12.8 Å². The molecule has 0 radical (unpaired) electrons. The van der Waals surface area contributed by atoms with Crippen LogP contribution >= 0.6 is 0 Å². The Kier molecular flexibility index (Phi) is 4.52. The van der Waals surface area contributed by atoms with Crippen molar-refractivity contribution in [1.82, 2.24) is 0 Å². The van der Waals surface area contributed by atoms with Gasteiger partial charge in [0, 0.05) is 12.8 Å². The fourth-order valence-corrected chi connectivity index (χ4v) is 2.39. The lowest BCUT2D eigenvalue weighted by atomic mass is 9.98. The van der Waals surface area contributed by atoms with Crippen LogP contribution in [0.25, 0.3) is 10.8 Å². The summed E-state index contributed by atoms with van der Waals surface area (Å²) in [5.74, 6) is -2.53. The Bertz CT molecular complexity index is 526. The number of alkyl halides is 2. The van der Waals surface area contributed by atoms with E-state index in [1.165, 1.54) is 0 Å². The standard InChI is InChI=1S/C17H20F2/c1-2-3-12-17(18,19)13-11-15-9-6-8-14-7-4-5-10-16(14)15/h4-10H,2-3,11-13H2,1H3.